The summed E-state index contributed by atoms with van der Waals surface area (Å²) in [6.07, 6.45) is 0. The van der Waals surface area contributed by atoms with Crippen molar-refractivity contribution in [1.82, 2.24) is 0 Å². The van der Waals surface area contributed by atoms with Crippen LogP contribution in [0.2, 0.25) is 0 Å². The molecule has 0 fully saturated rings. The molecule has 0 saturated heterocycles. The lowest BCUT2D eigenvalue weighted by molar-refractivity contribution is 0.00745. The average molecular weight is 271 g/mol. The zero-order valence-electron chi connectivity index (χ0n) is 11.1. The van der Waals surface area contributed by atoms with E-state index in [1.54, 1.807) is 27.7 Å². The first-order valence-electron chi connectivity index (χ1n) is 5.38. The van der Waals surface area contributed by atoms with Gasteiger partial charge < -0.3 is 15.2 Å². The third kappa shape index (κ3) is 3.01. The van der Waals surface area contributed by atoms with Crippen LogP contribution in [-0.2, 0) is 9.47 Å². The Morgan fingerprint density at radius 2 is 1.78 bits per heavy atom. The molecule has 0 spiro atoms. The summed E-state index contributed by atoms with van der Waals surface area (Å²) < 4.78 is 9.88. The van der Waals surface area contributed by atoms with Gasteiger partial charge >= 0.3 is 11.9 Å². The number of hydrogen-bond donors (Lipinski definition) is 1. The number of nitrogens with two attached hydrogens (primary N) is 1. The zero-order valence-corrected chi connectivity index (χ0v) is 11.9. The van der Waals surface area contributed by atoms with Gasteiger partial charge in [-0.2, -0.15) is 0 Å². The van der Waals surface area contributed by atoms with E-state index >= 15 is 0 Å². The molecule has 2 N–H and O–H groups in total. The Morgan fingerprint density at radius 3 is 2.22 bits per heavy atom. The molecule has 100 valence electrons. The van der Waals surface area contributed by atoms with E-state index in [-0.39, 0.29) is 10.6 Å². The lowest BCUT2D eigenvalue weighted by Crippen LogP contribution is -2.23. The highest BCUT2D eigenvalue weighted by atomic mass is 32.1. The molecule has 0 bridgehead atoms. The van der Waals surface area contributed by atoms with Crippen molar-refractivity contribution in [2.75, 3.05) is 12.8 Å². The van der Waals surface area contributed by atoms with Crippen molar-refractivity contribution in [3.05, 3.63) is 16.0 Å². The maximum atomic E-state index is 11.9. The minimum Gasteiger partial charge on any atom is -0.465 e. The van der Waals surface area contributed by atoms with E-state index in [1.165, 1.54) is 7.11 Å². The predicted molar refractivity (Wildman–Crippen MR) is 70.0 cm³/mol. The molecular formula is C12H17NO4S. The Bertz CT molecular complexity index is 485. The van der Waals surface area contributed by atoms with E-state index in [1.807, 2.05) is 0 Å². The van der Waals surface area contributed by atoms with Gasteiger partial charge in [0.25, 0.3) is 0 Å². The molecule has 1 heterocycles. The number of carbonyl (C=O) groups is 2. The molecule has 0 aliphatic carbocycles. The molecule has 18 heavy (non-hydrogen) atoms. The monoisotopic (exact) mass is 271 g/mol. The van der Waals surface area contributed by atoms with Gasteiger partial charge in [-0.1, -0.05) is 0 Å². The van der Waals surface area contributed by atoms with Crippen LogP contribution in [0, 0.1) is 6.92 Å². The van der Waals surface area contributed by atoms with Crippen LogP contribution < -0.4 is 5.73 Å². The number of esters is 2. The molecule has 1 aromatic rings. The van der Waals surface area contributed by atoms with Gasteiger partial charge in [-0.15, -0.1) is 11.3 Å². The molecule has 5 nitrogen and oxygen atoms in total. The summed E-state index contributed by atoms with van der Waals surface area (Å²) in [7, 11) is 1.27. The van der Waals surface area contributed by atoms with Crippen molar-refractivity contribution in [3.63, 3.8) is 0 Å². The number of methoxy groups -OCH3 is 1. The smallest absolute Gasteiger partial charge is 0.349 e. The Hall–Kier alpha value is -1.56. The summed E-state index contributed by atoms with van der Waals surface area (Å²) in [5, 5.41) is 0.264. The van der Waals surface area contributed by atoms with Gasteiger partial charge in [0.2, 0.25) is 0 Å². The summed E-state index contributed by atoms with van der Waals surface area (Å²) in [6, 6.07) is 0. The normalized spacial score (nSPS) is 11.2. The average Bonchev–Trinajstić information content (AvgIpc) is 2.51. The fourth-order valence-electron chi connectivity index (χ4n) is 1.41. The third-order valence-electron chi connectivity index (χ3n) is 2.15. The van der Waals surface area contributed by atoms with E-state index < -0.39 is 17.5 Å². The van der Waals surface area contributed by atoms with E-state index in [9.17, 15) is 9.59 Å². The lowest BCUT2D eigenvalue weighted by atomic mass is 10.1. The number of anilines is 1. The van der Waals surface area contributed by atoms with Gasteiger partial charge in [0.15, 0.2) is 0 Å². The molecule has 0 atom stereocenters. The van der Waals surface area contributed by atoms with Crippen LogP contribution in [0.1, 0.15) is 46.4 Å². The summed E-state index contributed by atoms with van der Waals surface area (Å²) in [5.74, 6) is -1.03. The number of hydrogen-bond acceptors (Lipinski definition) is 6. The summed E-state index contributed by atoms with van der Waals surface area (Å²) >= 11 is 1.04. The number of thiophene rings is 1. The van der Waals surface area contributed by atoms with Crippen molar-refractivity contribution >= 4 is 28.3 Å². The molecule has 0 aliphatic heterocycles. The lowest BCUT2D eigenvalue weighted by Gasteiger charge is -2.19. The predicted octanol–water partition coefficient (Wildman–Crippen LogP) is 2.38. The summed E-state index contributed by atoms with van der Waals surface area (Å²) in [4.78, 5) is 23.8. The van der Waals surface area contributed by atoms with E-state index in [0.717, 1.165) is 11.3 Å². The Kier molecular flexibility index (Phi) is 4.01. The van der Waals surface area contributed by atoms with Crippen LogP contribution in [-0.4, -0.2) is 24.6 Å². The third-order valence-corrected chi connectivity index (χ3v) is 3.25. The fraction of sp³-hybridized carbons (Fsp3) is 0.500. The first kappa shape index (κ1) is 14.5. The molecule has 0 aromatic carbocycles. The topological polar surface area (TPSA) is 78.6 Å². The molecular weight excluding hydrogens is 254 g/mol. The van der Waals surface area contributed by atoms with Crippen LogP contribution in [0.15, 0.2) is 0 Å². The van der Waals surface area contributed by atoms with E-state index in [2.05, 4.69) is 4.74 Å². The number of rotatable bonds is 2. The highest BCUT2D eigenvalue weighted by Gasteiger charge is 2.27. The molecule has 1 rings (SSSR count). The van der Waals surface area contributed by atoms with Crippen LogP contribution in [0.3, 0.4) is 0 Å². The van der Waals surface area contributed by atoms with E-state index in [0.29, 0.717) is 10.4 Å². The Morgan fingerprint density at radius 1 is 1.22 bits per heavy atom. The summed E-state index contributed by atoms with van der Waals surface area (Å²) in [6.45, 7) is 6.98. The quantitative estimate of drug-likeness (QED) is 0.835. The molecule has 0 unspecified atom stereocenters. The number of carbonyl (C=O) groups excluding carboxylic acids is 2. The van der Waals surface area contributed by atoms with Crippen molar-refractivity contribution in [2.45, 2.75) is 33.3 Å². The van der Waals surface area contributed by atoms with Crippen molar-refractivity contribution in [3.8, 4) is 0 Å². The molecule has 0 aliphatic rings. The number of ether oxygens (including phenoxy) is 2. The Balaban J connectivity index is 3.13. The van der Waals surface area contributed by atoms with E-state index in [4.69, 9.17) is 10.5 Å². The van der Waals surface area contributed by atoms with Gasteiger partial charge in [-0.25, -0.2) is 9.59 Å². The molecule has 0 radical (unpaired) electrons. The maximum Gasteiger partial charge on any atom is 0.349 e. The zero-order chi connectivity index (χ0) is 14.1. The summed E-state index contributed by atoms with van der Waals surface area (Å²) in [5.41, 5.74) is 5.88. The minimum absolute atomic E-state index is 0.239. The fourth-order valence-corrected chi connectivity index (χ4v) is 2.35. The highest BCUT2D eigenvalue weighted by Crippen LogP contribution is 2.32. The van der Waals surface area contributed by atoms with Gasteiger partial charge in [0.1, 0.15) is 15.5 Å². The second-order valence-electron chi connectivity index (χ2n) is 4.79. The van der Waals surface area contributed by atoms with Crippen molar-refractivity contribution in [2.24, 2.45) is 0 Å². The number of nitrogen functional groups attached to an aromatic ring is 1. The van der Waals surface area contributed by atoms with Crippen LogP contribution in [0.25, 0.3) is 0 Å². The minimum atomic E-state index is -0.590. The second kappa shape index (κ2) is 4.97. The second-order valence-corrected chi connectivity index (χ2v) is 5.84. The van der Waals surface area contributed by atoms with Gasteiger partial charge in [-0.3, -0.25) is 0 Å². The van der Waals surface area contributed by atoms with Crippen LogP contribution in [0.4, 0.5) is 5.00 Å². The Labute approximate surface area is 110 Å². The van der Waals surface area contributed by atoms with Crippen LogP contribution in [0.5, 0.6) is 0 Å². The largest absolute Gasteiger partial charge is 0.465 e. The van der Waals surface area contributed by atoms with Crippen molar-refractivity contribution in [1.29, 1.82) is 0 Å². The molecule has 0 saturated carbocycles. The standard InChI is InChI=1S/C12H17NO4S/c1-6-7(10(14)16-5)9(13)18-8(6)11(15)17-12(2,3)4/h13H2,1-5H3. The molecule has 0 amide bonds. The SMILES string of the molecule is COC(=O)c1c(N)sc(C(=O)OC(C)(C)C)c1C. The van der Waals surface area contributed by atoms with Gasteiger partial charge in [-0.05, 0) is 33.3 Å². The highest BCUT2D eigenvalue weighted by molar-refractivity contribution is 7.18. The maximum absolute atomic E-state index is 11.9. The molecule has 6 heteroatoms. The molecule has 1 aromatic heterocycles. The van der Waals surface area contributed by atoms with Crippen LogP contribution >= 0.6 is 11.3 Å². The van der Waals surface area contributed by atoms with Gasteiger partial charge in [0, 0.05) is 0 Å². The first-order chi connectivity index (χ1) is 8.17. The van der Waals surface area contributed by atoms with Gasteiger partial charge in [0.05, 0.1) is 12.7 Å². The first-order valence-corrected chi connectivity index (χ1v) is 6.19. The van der Waals surface area contributed by atoms with Crippen molar-refractivity contribution < 1.29 is 19.1 Å².